The molecule has 1 aromatic rings. The van der Waals surface area contributed by atoms with Crippen LogP contribution in [0.3, 0.4) is 0 Å². The maximum Gasteiger partial charge on any atom is 0.237 e. The van der Waals surface area contributed by atoms with Crippen molar-refractivity contribution in [2.24, 2.45) is 0 Å². The molecule has 0 saturated carbocycles. The van der Waals surface area contributed by atoms with E-state index in [1.165, 1.54) is 5.56 Å². The van der Waals surface area contributed by atoms with Crippen LogP contribution >= 0.6 is 0 Å². The zero-order chi connectivity index (χ0) is 16.8. The Morgan fingerprint density at radius 1 is 1.25 bits per heavy atom. The molecule has 0 bridgehead atoms. The van der Waals surface area contributed by atoms with Gasteiger partial charge in [-0.3, -0.25) is 9.69 Å². The number of carbonyl (C=O) groups is 1. The van der Waals surface area contributed by atoms with Gasteiger partial charge in [-0.25, -0.2) is 0 Å². The standard InChI is InChI=1S/C19H28N2O3/c1-15(19(22)20-13-17-8-5-10-23-17)21-9-11-24-18(14-21)12-16-6-3-2-4-7-16/h2-4,6-7,15,17-18H,5,8-14H2,1H3,(H,20,22)/t15-,17-,18+/m1/s1. The lowest BCUT2D eigenvalue weighted by atomic mass is 10.1. The van der Waals surface area contributed by atoms with Gasteiger partial charge in [0.05, 0.1) is 24.9 Å². The molecule has 1 amide bonds. The SMILES string of the molecule is C[C@H](C(=O)NC[C@H]1CCCO1)N1CCO[C@@H](Cc2ccccc2)C1. The van der Waals surface area contributed by atoms with Crippen molar-refractivity contribution in [1.82, 2.24) is 10.2 Å². The highest BCUT2D eigenvalue weighted by molar-refractivity contribution is 5.81. The number of nitrogens with one attached hydrogen (secondary N) is 1. The summed E-state index contributed by atoms with van der Waals surface area (Å²) in [5.41, 5.74) is 1.28. The topological polar surface area (TPSA) is 50.8 Å². The maximum absolute atomic E-state index is 12.4. The van der Waals surface area contributed by atoms with Crippen molar-refractivity contribution in [1.29, 1.82) is 0 Å². The van der Waals surface area contributed by atoms with Crippen LogP contribution in [0.2, 0.25) is 0 Å². The number of hydrogen-bond acceptors (Lipinski definition) is 4. The molecule has 24 heavy (non-hydrogen) atoms. The Kier molecular flexibility index (Phi) is 6.24. The van der Waals surface area contributed by atoms with E-state index in [4.69, 9.17) is 9.47 Å². The minimum absolute atomic E-state index is 0.0888. The number of carbonyl (C=O) groups excluding carboxylic acids is 1. The van der Waals surface area contributed by atoms with Crippen molar-refractivity contribution in [3.05, 3.63) is 35.9 Å². The van der Waals surface area contributed by atoms with Crippen LogP contribution in [-0.4, -0.2) is 61.9 Å². The minimum Gasteiger partial charge on any atom is -0.376 e. The minimum atomic E-state index is -0.131. The van der Waals surface area contributed by atoms with Crippen molar-refractivity contribution >= 4 is 5.91 Å². The van der Waals surface area contributed by atoms with E-state index in [1.807, 2.05) is 13.0 Å². The third-order valence-electron chi connectivity index (χ3n) is 4.93. The molecule has 132 valence electrons. The number of rotatable bonds is 6. The highest BCUT2D eigenvalue weighted by atomic mass is 16.5. The van der Waals surface area contributed by atoms with Crippen LogP contribution in [0.15, 0.2) is 30.3 Å². The van der Waals surface area contributed by atoms with E-state index < -0.39 is 0 Å². The quantitative estimate of drug-likeness (QED) is 0.860. The van der Waals surface area contributed by atoms with Crippen molar-refractivity contribution < 1.29 is 14.3 Å². The summed E-state index contributed by atoms with van der Waals surface area (Å²) in [5.74, 6) is 0.0888. The molecule has 2 aliphatic rings. The van der Waals surface area contributed by atoms with E-state index in [1.54, 1.807) is 0 Å². The molecule has 2 saturated heterocycles. The van der Waals surface area contributed by atoms with E-state index >= 15 is 0 Å². The molecule has 0 unspecified atom stereocenters. The summed E-state index contributed by atoms with van der Waals surface area (Å²) in [4.78, 5) is 14.6. The molecule has 1 aromatic carbocycles. The second-order valence-corrected chi connectivity index (χ2v) is 6.73. The average Bonchev–Trinajstić information content (AvgIpc) is 3.14. The zero-order valence-electron chi connectivity index (χ0n) is 14.4. The van der Waals surface area contributed by atoms with Gasteiger partial charge >= 0.3 is 0 Å². The van der Waals surface area contributed by atoms with Gasteiger partial charge in [0, 0.05) is 26.2 Å². The van der Waals surface area contributed by atoms with E-state index in [0.29, 0.717) is 13.2 Å². The van der Waals surface area contributed by atoms with Crippen molar-refractivity contribution in [3.63, 3.8) is 0 Å². The molecule has 3 rings (SSSR count). The lowest BCUT2D eigenvalue weighted by Crippen LogP contribution is -2.53. The van der Waals surface area contributed by atoms with Gasteiger partial charge in [0.2, 0.25) is 5.91 Å². The fourth-order valence-electron chi connectivity index (χ4n) is 3.43. The fraction of sp³-hybridized carbons (Fsp3) is 0.632. The van der Waals surface area contributed by atoms with Gasteiger partial charge in [0.15, 0.2) is 0 Å². The van der Waals surface area contributed by atoms with Gasteiger partial charge in [0.25, 0.3) is 0 Å². The number of morpholine rings is 1. The third-order valence-corrected chi connectivity index (χ3v) is 4.93. The van der Waals surface area contributed by atoms with Crippen LogP contribution in [-0.2, 0) is 20.7 Å². The summed E-state index contributed by atoms with van der Waals surface area (Å²) in [6, 6.07) is 10.3. The first-order chi connectivity index (χ1) is 11.7. The number of hydrogen-bond donors (Lipinski definition) is 1. The smallest absolute Gasteiger partial charge is 0.237 e. The van der Waals surface area contributed by atoms with Crippen LogP contribution in [0, 0.1) is 0 Å². The van der Waals surface area contributed by atoms with Gasteiger partial charge < -0.3 is 14.8 Å². The van der Waals surface area contributed by atoms with Crippen molar-refractivity contribution in [3.8, 4) is 0 Å². The molecule has 2 heterocycles. The number of amides is 1. The van der Waals surface area contributed by atoms with Crippen LogP contribution in [0.5, 0.6) is 0 Å². The molecular weight excluding hydrogens is 304 g/mol. The molecule has 2 fully saturated rings. The molecule has 5 nitrogen and oxygen atoms in total. The second kappa shape index (κ2) is 8.60. The highest BCUT2D eigenvalue weighted by Gasteiger charge is 2.28. The first-order valence-electron chi connectivity index (χ1n) is 9.01. The monoisotopic (exact) mass is 332 g/mol. The summed E-state index contributed by atoms with van der Waals surface area (Å²) >= 11 is 0. The Morgan fingerprint density at radius 2 is 2.04 bits per heavy atom. The van der Waals surface area contributed by atoms with Gasteiger partial charge in [-0.1, -0.05) is 30.3 Å². The number of nitrogens with zero attached hydrogens (tertiary/aromatic N) is 1. The maximum atomic E-state index is 12.4. The summed E-state index contributed by atoms with van der Waals surface area (Å²) in [6.45, 7) is 5.71. The van der Waals surface area contributed by atoms with E-state index in [-0.39, 0.29) is 24.2 Å². The molecule has 0 aliphatic carbocycles. The number of benzene rings is 1. The molecule has 0 spiro atoms. The van der Waals surface area contributed by atoms with Crippen LogP contribution < -0.4 is 5.32 Å². The first kappa shape index (κ1) is 17.4. The normalized spacial score (nSPS) is 26.2. The largest absolute Gasteiger partial charge is 0.376 e. The highest BCUT2D eigenvalue weighted by Crippen LogP contribution is 2.15. The molecule has 0 radical (unpaired) electrons. The van der Waals surface area contributed by atoms with Gasteiger partial charge in [-0.05, 0) is 31.7 Å². The second-order valence-electron chi connectivity index (χ2n) is 6.73. The zero-order valence-corrected chi connectivity index (χ0v) is 14.4. The third kappa shape index (κ3) is 4.79. The molecule has 3 atom stereocenters. The molecule has 0 aromatic heterocycles. The van der Waals surface area contributed by atoms with Crippen molar-refractivity contribution in [2.45, 2.75) is 44.4 Å². The predicted octanol–water partition coefficient (Wildman–Crippen LogP) is 1.61. The summed E-state index contributed by atoms with van der Waals surface area (Å²) in [7, 11) is 0. The van der Waals surface area contributed by atoms with Crippen LogP contribution in [0.4, 0.5) is 0 Å². The van der Waals surface area contributed by atoms with Gasteiger partial charge in [-0.2, -0.15) is 0 Å². The van der Waals surface area contributed by atoms with E-state index in [2.05, 4.69) is 34.5 Å². The van der Waals surface area contributed by atoms with Crippen molar-refractivity contribution in [2.75, 3.05) is 32.8 Å². The number of ether oxygens (including phenoxy) is 2. The molecule has 1 N–H and O–H groups in total. The van der Waals surface area contributed by atoms with E-state index in [9.17, 15) is 4.79 Å². The predicted molar refractivity (Wildman–Crippen MR) is 92.9 cm³/mol. The Morgan fingerprint density at radius 3 is 2.79 bits per heavy atom. The van der Waals surface area contributed by atoms with Crippen LogP contribution in [0.1, 0.15) is 25.3 Å². The summed E-state index contributed by atoms with van der Waals surface area (Å²) in [5, 5.41) is 3.04. The summed E-state index contributed by atoms with van der Waals surface area (Å²) in [6.07, 6.45) is 3.37. The average molecular weight is 332 g/mol. The Bertz CT molecular complexity index is 517. The van der Waals surface area contributed by atoms with E-state index in [0.717, 1.165) is 39.0 Å². The first-order valence-corrected chi connectivity index (χ1v) is 9.01. The van der Waals surface area contributed by atoms with Gasteiger partial charge in [-0.15, -0.1) is 0 Å². The summed E-state index contributed by atoms with van der Waals surface area (Å²) < 4.78 is 11.5. The lowest BCUT2D eigenvalue weighted by Gasteiger charge is -2.36. The molecule has 2 aliphatic heterocycles. The Hall–Kier alpha value is -1.43. The fourth-order valence-corrected chi connectivity index (χ4v) is 3.43. The molecule has 5 heteroatoms. The lowest BCUT2D eigenvalue weighted by molar-refractivity contribution is -0.129. The molecular formula is C19H28N2O3. The van der Waals surface area contributed by atoms with Gasteiger partial charge in [0.1, 0.15) is 0 Å². The Balaban J connectivity index is 1.46. The Labute approximate surface area is 144 Å². The van der Waals surface area contributed by atoms with Crippen LogP contribution in [0.25, 0.3) is 0 Å².